The number of thioether (sulfide) groups is 1. The Kier molecular flexibility index (Phi) is 8.50. The molecule has 0 saturated carbocycles. The zero-order chi connectivity index (χ0) is 28.0. The average Bonchev–Trinajstić information content (AvgIpc) is 3.53. The van der Waals surface area contributed by atoms with Crippen molar-refractivity contribution in [1.29, 1.82) is 0 Å². The van der Waals surface area contributed by atoms with Gasteiger partial charge >= 0.3 is 0 Å². The van der Waals surface area contributed by atoms with E-state index in [0.717, 1.165) is 39.1 Å². The molecule has 1 fully saturated rings. The van der Waals surface area contributed by atoms with Crippen molar-refractivity contribution >= 4 is 11.8 Å². The molecule has 0 bridgehead atoms. The fraction of sp³-hybridized carbons (Fsp3) is 0.219. The van der Waals surface area contributed by atoms with E-state index in [1.165, 1.54) is 0 Å². The molecule has 3 atom stereocenters. The molecule has 6 rings (SSSR count). The van der Waals surface area contributed by atoms with Gasteiger partial charge in [0.15, 0.2) is 6.29 Å². The first-order valence-corrected chi connectivity index (χ1v) is 14.6. The van der Waals surface area contributed by atoms with Gasteiger partial charge in [-0.1, -0.05) is 96.7 Å². The number of ether oxygens (including phenoxy) is 2. The lowest BCUT2D eigenvalue weighted by atomic mass is 9.99. The third kappa shape index (κ3) is 6.40. The van der Waals surface area contributed by atoms with Crippen LogP contribution < -0.4 is 5.73 Å². The molecule has 1 saturated heterocycles. The smallest absolute Gasteiger partial charge is 0.214 e. The first-order valence-electron chi connectivity index (χ1n) is 13.6. The quantitative estimate of drug-likeness (QED) is 0.222. The number of aromatic nitrogens is 4. The Bertz CT molecular complexity index is 1560. The second kappa shape index (κ2) is 12.8. The molecule has 3 N–H and O–H groups in total. The van der Waals surface area contributed by atoms with Crippen LogP contribution in [0, 0.1) is 0 Å². The molecule has 1 aliphatic rings. The molecule has 1 aromatic heterocycles. The summed E-state index contributed by atoms with van der Waals surface area (Å²) in [6.07, 6.45) is -0.133. The Hall–Kier alpha value is -3.86. The highest BCUT2D eigenvalue weighted by atomic mass is 32.2. The number of hydrogen-bond acceptors (Lipinski definition) is 8. The maximum Gasteiger partial charge on any atom is 0.214 e. The molecule has 9 heteroatoms. The zero-order valence-corrected chi connectivity index (χ0v) is 23.2. The number of hydrogen-bond donors (Lipinski definition) is 2. The van der Waals surface area contributed by atoms with Crippen molar-refractivity contribution < 1.29 is 14.6 Å². The fourth-order valence-electron chi connectivity index (χ4n) is 4.90. The molecule has 0 radical (unpaired) electrons. The molecule has 1 aliphatic heterocycles. The van der Waals surface area contributed by atoms with Crippen molar-refractivity contribution in [2.45, 2.75) is 43.2 Å². The third-order valence-corrected chi connectivity index (χ3v) is 8.19. The lowest BCUT2D eigenvalue weighted by molar-refractivity contribution is -0.245. The van der Waals surface area contributed by atoms with Crippen LogP contribution in [0.25, 0.3) is 16.8 Å². The van der Waals surface area contributed by atoms with Gasteiger partial charge in [0.1, 0.15) is 0 Å². The van der Waals surface area contributed by atoms with E-state index in [0.29, 0.717) is 23.9 Å². The molecule has 4 aromatic carbocycles. The Morgan fingerprint density at radius 1 is 0.829 bits per heavy atom. The van der Waals surface area contributed by atoms with Crippen molar-refractivity contribution in [2.75, 3.05) is 5.75 Å². The molecule has 0 amide bonds. The van der Waals surface area contributed by atoms with Crippen LogP contribution >= 0.6 is 11.8 Å². The maximum atomic E-state index is 9.49. The van der Waals surface area contributed by atoms with Crippen molar-refractivity contribution in [3.8, 4) is 16.8 Å². The van der Waals surface area contributed by atoms with Crippen LogP contribution in [0.4, 0.5) is 0 Å². The topological polar surface area (TPSA) is 108 Å². The van der Waals surface area contributed by atoms with Crippen LogP contribution in [0.3, 0.4) is 0 Å². The van der Waals surface area contributed by atoms with Crippen LogP contribution in [0.1, 0.15) is 41.1 Å². The standard InChI is InChI=1S/C32H31N5O3S/c33-19-23-5-4-6-27(17-23)24-13-15-26(16-14-24)31-39-29(18-30(40-31)25-11-9-22(20-38)10-12-25)21-41-32-34-35-36-37(32)28-7-2-1-3-8-28/h1-17,29-31,38H,18-21,33H2. The zero-order valence-electron chi connectivity index (χ0n) is 22.4. The van der Waals surface area contributed by atoms with Gasteiger partial charge in [0.05, 0.1) is 24.5 Å². The lowest BCUT2D eigenvalue weighted by Gasteiger charge is -2.36. The number of rotatable bonds is 9. The maximum absolute atomic E-state index is 9.49. The summed E-state index contributed by atoms with van der Waals surface area (Å²) in [4.78, 5) is 0. The van der Waals surface area contributed by atoms with E-state index >= 15 is 0 Å². The number of aliphatic hydroxyl groups is 1. The normalized spacial score (nSPS) is 18.8. The van der Waals surface area contributed by atoms with E-state index in [9.17, 15) is 5.11 Å². The Morgan fingerprint density at radius 3 is 2.37 bits per heavy atom. The second-order valence-corrected chi connectivity index (χ2v) is 10.9. The largest absolute Gasteiger partial charge is 0.392 e. The summed E-state index contributed by atoms with van der Waals surface area (Å²) in [5.41, 5.74) is 12.9. The highest BCUT2D eigenvalue weighted by Gasteiger charge is 2.32. The van der Waals surface area contributed by atoms with Gasteiger partial charge in [0.25, 0.3) is 0 Å². The van der Waals surface area contributed by atoms with Gasteiger partial charge in [0.2, 0.25) is 5.16 Å². The van der Waals surface area contributed by atoms with E-state index < -0.39 is 6.29 Å². The predicted octanol–water partition coefficient (Wildman–Crippen LogP) is 5.62. The molecule has 208 valence electrons. The van der Waals surface area contributed by atoms with Gasteiger partial charge in [-0.2, -0.15) is 4.68 Å². The summed E-state index contributed by atoms with van der Waals surface area (Å²) in [5.74, 6) is 0.655. The van der Waals surface area contributed by atoms with Crippen LogP contribution in [0.2, 0.25) is 0 Å². The van der Waals surface area contributed by atoms with Crippen molar-refractivity contribution in [3.05, 3.63) is 125 Å². The molecule has 8 nitrogen and oxygen atoms in total. The number of para-hydroxylation sites is 1. The van der Waals surface area contributed by atoms with E-state index in [1.54, 1.807) is 16.4 Å². The summed E-state index contributed by atoms with van der Waals surface area (Å²) in [6, 6.07) is 34.3. The Balaban J connectivity index is 1.22. The van der Waals surface area contributed by atoms with Gasteiger partial charge in [0, 0.05) is 24.3 Å². The van der Waals surface area contributed by atoms with E-state index in [1.807, 2.05) is 66.7 Å². The molecule has 5 aromatic rings. The van der Waals surface area contributed by atoms with Crippen molar-refractivity contribution in [3.63, 3.8) is 0 Å². The van der Waals surface area contributed by atoms with Gasteiger partial charge in [-0.05, 0) is 56.4 Å². The first kappa shape index (κ1) is 27.3. The highest BCUT2D eigenvalue weighted by molar-refractivity contribution is 7.99. The number of tetrazole rings is 1. The Morgan fingerprint density at radius 2 is 1.61 bits per heavy atom. The summed E-state index contributed by atoms with van der Waals surface area (Å²) in [5, 5.41) is 22.5. The molecule has 2 heterocycles. The van der Waals surface area contributed by atoms with Gasteiger partial charge in [-0.3, -0.25) is 0 Å². The summed E-state index contributed by atoms with van der Waals surface area (Å²) < 4.78 is 14.8. The van der Waals surface area contributed by atoms with Gasteiger partial charge in [-0.15, -0.1) is 5.10 Å². The van der Waals surface area contributed by atoms with Crippen LogP contribution in [-0.2, 0) is 22.6 Å². The monoisotopic (exact) mass is 565 g/mol. The van der Waals surface area contributed by atoms with Crippen molar-refractivity contribution in [2.24, 2.45) is 5.73 Å². The molecule has 3 unspecified atom stereocenters. The molecule has 41 heavy (non-hydrogen) atoms. The molecule has 0 spiro atoms. The summed E-state index contributed by atoms with van der Waals surface area (Å²) in [7, 11) is 0. The van der Waals surface area contributed by atoms with Crippen LogP contribution in [0.5, 0.6) is 0 Å². The number of nitrogens with two attached hydrogens (primary N) is 1. The van der Waals surface area contributed by atoms with E-state index in [-0.39, 0.29) is 18.8 Å². The van der Waals surface area contributed by atoms with Crippen LogP contribution in [0.15, 0.2) is 108 Å². The lowest BCUT2D eigenvalue weighted by Crippen LogP contribution is -2.31. The van der Waals surface area contributed by atoms with E-state index in [4.69, 9.17) is 15.2 Å². The minimum absolute atomic E-state index is 0.00741. The summed E-state index contributed by atoms with van der Waals surface area (Å²) in [6.45, 7) is 0.515. The molecular weight excluding hydrogens is 534 g/mol. The molecule has 0 aliphatic carbocycles. The van der Waals surface area contributed by atoms with Crippen LogP contribution in [-0.4, -0.2) is 37.2 Å². The predicted molar refractivity (Wildman–Crippen MR) is 158 cm³/mol. The van der Waals surface area contributed by atoms with Gasteiger partial charge in [-0.25, -0.2) is 0 Å². The summed E-state index contributed by atoms with van der Waals surface area (Å²) >= 11 is 1.56. The van der Waals surface area contributed by atoms with E-state index in [2.05, 4.69) is 51.9 Å². The fourth-order valence-corrected chi connectivity index (χ4v) is 5.81. The minimum atomic E-state index is -0.536. The van der Waals surface area contributed by atoms with Crippen molar-refractivity contribution in [1.82, 2.24) is 20.2 Å². The minimum Gasteiger partial charge on any atom is -0.392 e. The average molecular weight is 566 g/mol. The number of nitrogens with zero attached hydrogens (tertiary/aromatic N) is 4. The SMILES string of the molecule is NCc1cccc(-c2ccc(C3OC(CSc4nnnn4-c4ccccc4)CC(c4ccc(CO)cc4)O3)cc2)c1. The first-order chi connectivity index (χ1) is 20.2. The molecular formula is C32H31N5O3S. The number of aliphatic hydroxyl groups excluding tert-OH is 1. The van der Waals surface area contributed by atoms with Gasteiger partial charge < -0.3 is 20.3 Å². The second-order valence-electron chi connectivity index (χ2n) is 9.90. The highest BCUT2D eigenvalue weighted by Crippen LogP contribution is 2.39. The number of benzene rings is 4. The Labute approximate surface area is 243 Å². The third-order valence-electron chi connectivity index (χ3n) is 7.13.